The fourth-order valence-electron chi connectivity index (χ4n) is 2.11. The summed E-state index contributed by atoms with van der Waals surface area (Å²) in [6.45, 7) is 0.0828. The van der Waals surface area contributed by atoms with Crippen LogP contribution in [0.3, 0.4) is 0 Å². The van der Waals surface area contributed by atoms with Crippen LogP contribution in [0.5, 0.6) is 11.5 Å². The Kier molecular flexibility index (Phi) is 5.84. The molecule has 3 rings (SSSR count). The molecule has 0 unspecified atom stereocenters. The molecular formula is C18H12Cl2N2O3S. The third kappa shape index (κ3) is 4.02. The van der Waals surface area contributed by atoms with Crippen molar-refractivity contribution in [3.63, 3.8) is 0 Å². The van der Waals surface area contributed by atoms with Gasteiger partial charge in [0.25, 0.3) is 5.89 Å². The zero-order valence-corrected chi connectivity index (χ0v) is 15.9. The van der Waals surface area contributed by atoms with Crippen LogP contribution >= 0.6 is 34.5 Å². The minimum Gasteiger partial charge on any atom is -0.493 e. The highest BCUT2D eigenvalue weighted by molar-refractivity contribution is 7.13. The molecular weight excluding hydrogens is 395 g/mol. The van der Waals surface area contributed by atoms with Crippen molar-refractivity contribution in [2.75, 3.05) is 13.7 Å². The van der Waals surface area contributed by atoms with Gasteiger partial charge in [-0.25, -0.2) is 0 Å². The second kappa shape index (κ2) is 8.28. The molecule has 0 fully saturated rings. The Bertz CT molecular complexity index is 975. The standard InChI is InChI=1S/C18H12Cl2N2O3S/c1-3-6-24-16-12(19)8-11(10-14(16)23-2)9-13(20)18-21-17(22-25-18)15-5-4-7-26-15/h1,4-5,7-10H,6H2,2H3/b13-9-. The molecule has 26 heavy (non-hydrogen) atoms. The largest absolute Gasteiger partial charge is 0.493 e. The maximum atomic E-state index is 6.31. The average Bonchev–Trinajstić information content (AvgIpc) is 3.31. The van der Waals surface area contributed by atoms with E-state index in [1.807, 2.05) is 17.5 Å². The fraction of sp³-hybridized carbons (Fsp3) is 0.111. The van der Waals surface area contributed by atoms with Gasteiger partial charge in [0.1, 0.15) is 11.6 Å². The number of rotatable bonds is 6. The number of nitrogens with zero attached hydrogens (tertiary/aromatic N) is 2. The van der Waals surface area contributed by atoms with Crippen molar-refractivity contribution in [2.45, 2.75) is 0 Å². The van der Waals surface area contributed by atoms with E-state index in [2.05, 4.69) is 16.1 Å². The molecule has 0 atom stereocenters. The van der Waals surface area contributed by atoms with Crippen molar-refractivity contribution in [1.82, 2.24) is 10.1 Å². The molecule has 0 saturated heterocycles. The van der Waals surface area contributed by atoms with Crippen molar-refractivity contribution in [3.05, 3.63) is 46.1 Å². The van der Waals surface area contributed by atoms with Crippen LogP contribution < -0.4 is 9.47 Å². The van der Waals surface area contributed by atoms with Crippen molar-refractivity contribution >= 4 is 45.6 Å². The molecule has 0 amide bonds. The lowest BCUT2D eigenvalue weighted by Gasteiger charge is -2.11. The number of hydrogen-bond donors (Lipinski definition) is 0. The lowest BCUT2D eigenvalue weighted by molar-refractivity contribution is 0.331. The zero-order valence-electron chi connectivity index (χ0n) is 13.5. The summed E-state index contributed by atoms with van der Waals surface area (Å²) in [6.07, 6.45) is 6.85. The minimum absolute atomic E-state index is 0.0828. The number of aromatic nitrogens is 2. The molecule has 5 nitrogen and oxygen atoms in total. The fourth-order valence-corrected chi connectivity index (χ4v) is 3.24. The second-order valence-electron chi connectivity index (χ2n) is 4.92. The van der Waals surface area contributed by atoms with Crippen molar-refractivity contribution in [1.29, 1.82) is 0 Å². The summed E-state index contributed by atoms with van der Waals surface area (Å²) in [5.41, 5.74) is 0.681. The highest BCUT2D eigenvalue weighted by Crippen LogP contribution is 2.37. The van der Waals surface area contributed by atoms with E-state index in [0.29, 0.717) is 27.9 Å². The van der Waals surface area contributed by atoms with Crippen molar-refractivity contribution in [3.8, 4) is 34.5 Å². The zero-order chi connectivity index (χ0) is 18.5. The molecule has 8 heteroatoms. The van der Waals surface area contributed by atoms with E-state index < -0.39 is 0 Å². The Hall–Kier alpha value is -2.46. The van der Waals surface area contributed by atoms with Gasteiger partial charge in [0.15, 0.2) is 11.5 Å². The maximum absolute atomic E-state index is 6.31. The molecule has 0 bridgehead atoms. The predicted octanol–water partition coefficient (Wildman–Crippen LogP) is 5.21. The van der Waals surface area contributed by atoms with E-state index in [-0.39, 0.29) is 17.5 Å². The van der Waals surface area contributed by atoms with Gasteiger partial charge in [0.2, 0.25) is 5.82 Å². The number of methoxy groups -OCH3 is 1. The first kappa shape index (κ1) is 18.3. The number of hydrogen-bond acceptors (Lipinski definition) is 6. The number of benzene rings is 1. The van der Waals surface area contributed by atoms with Gasteiger partial charge in [0.05, 0.1) is 17.0 Å². The first-order valence-electron chi connectivity index (χ1n) is 7.31. The third-order valence-electron chi connectivity index (χ3n) is 3.22. The number of ether oxygens (including phenoxy) is 2. The van der Waals surface area contributed by atoms with E-state index in [0.717, 1.165) is 4.88 Å². The Morgan fingerprint density at radius 3 is 3.00 bits per heavy atom. The smallest absolute Gasteiger partial charge is 0.269 e. The average molecular weight is 407 g/mol. The number of halogens is 2. The van der Waals surface area contributed by atoms with E-state index in [9.17, 15) is 0 Å². The van der Waals surface area contributed by atoms with Crippen LogP contribution in [0.2, 0.25) is 5.02 Å². The van der Waals surface area contributed by atoms with Crippen LogP contribution in [0, 0.1) is 12.3 Å². The SMILES string of the molecule is C#CCOc1c(Cl)cc(/C=C(\Cl)c2nc(-c3cccs3)no2)cc1OC. The summed E-state index contributed by atoms with van der Waals surface area (Å²) in [6, 6.07) is 7.20. The molecule has 0 N–H and O–H groups in total. The van der Waals surface area contributed by atoms with Crippen LogP contribution in [-0.2, 0) is 0 Å². The molecule has 0 aliphatic heterocycles. The van der Waals surface area contributed by atoms with Crippen LogP contribution in [0.15, 0.2) is 34.2 Å². The normalized spacial score (nSPS) is 11.2. The second-order valence-corrected chi connectivity index (χ2v) is 6.68. The maximum Gasteiger partial charge on any atom is 0.269 e. The van der Waals surface area contributed by atoms with Gasteiger partial charge in [-0.05, 0) is 35.2 Å². The van der Waals surface area contributed by atoms with Crippen LogP contribution in [0.4, 0.5) is 0 Å². The van der Waals surface area contributed by atoms with Gasteiger partial charge < -0.3 is 14.0 Å². The van der Waals surface area contributed by atoms with Gasteiger partial charge >= 0.3 is 0 Å². The highest BCUT2D eigenvalue weighted by atomic mass is 35.5. The summed E-state index contributed by atoms with van der Waals surface area (Å²) in [5, 5.41) is 6.48. The molecule has 1 aromatic carbocycles. The Balaban J connectivity index is 1.89. The molecule has 132 valence electrons. The molecule has 0 aliphatic rings. The molecule has 0 radical (unpaired) electrons. The van der Waals surface area contributed by atoms with Crippen molar-refractivity contribution in [2.24, 2.45) is 0 Å². The first-order chi connectivity index (χ1) is 12.6. The number of thiophene rings is 1. The molecule has 0 spiro atoms. The third-order valence-corrected chi connectivity index (χ3v) is 4.63. The summed E-state index contributed by atoms with van der Waals surface area (Å²) >= 11 is 14.1. The van der Waals surface area contributed by atoms with Crippen LogP contribution in [0.1, 0.15) is 11.5 Å². The van der Waals surface area contributed by atoms with Crippen LogP contribution in [0.25, 0.3) is 21.8 Å². The van der Waals surface area contributed by atoms with E-state index >= 15 is 0 Å². The monoisotopic (exact) mass is 406 g/mol. The van der Waals surface area contributed by atoms with Gasteiger partial charge in [-0.3, -0.25) is 0 Å². The lowest BCUT2D eigenvalue weighted by atomic mass is 10.2. The predicted molar refractivity (Wildman–Crippen MR) is 104 cm³/mol. The Morgan fingerprint density at radius 2 is 2.31 bits per heavy atom. The molecule has 0 aliphatic carbocycles. The lowest BCUT2D eigenvalue weighted by Crippen LogP contribution is -1.98. The minimum atomic E-state index is 0.0828. The van der Waals surface area contributed by atoms with E-state index in [1.165, 1.54) is 18.4 Å². The van der Waals surface area contributed by atoms with Gasteiger partial charge in [-0.2, -0.15) is 4.98 Å². The first-order valence-corrected chi connectivity index (χ1v) is 8.95. The topological polar surface area (TPSA) is 57.4 Å². The molecule has 2 aromatic heterocycles. The van der Waals surface area contributed by atoms with E-state index in [4.69, 9.17) is 43.6 Å². The summed E-state index contributed by atoms with van der Waals surface area (Å²) in [4.78, 5) is 5.19. The van der Waals surface area contributed by atoms with Gasteiger partial charge in [-0.15, -0.1) is 17.8 Å². The van der Waals surface area contributed by atoms with Crippen molar-refractivity contribution < 1.29 is 14.0 Å². The summed E-state index contributed by atoms with van der Waals surface area (Å²) in [5.74, 6) is 3.88. The Morgan fingerprint density at radius 1 is 1.46 bits per heavy atom. The van der Waals surface area contributed by atoms with Gasteiger partial charge in [0, 0.05) is 0 Å². The molecule has 2 heterocycles. The van der Waals surface area contributed by atoms with E-state index in [1.54, 1.807) is 18.2 Å². The number of terminal acetylenes is 1. The highest BCUT2D eigenvalue weighted by Gasteiger charge is 2.14. The summed E-state index contributed by atoms with van der Waals surface area (Å²) < 4.78 is 15.9. The van der Waals surface area contributed by atoms with Crippen LogP contribution in [-0.4, -0.2) is 23.9 Å². The molecule has 0 saturated carbocycles. The summed E-state index contributed by atoms with van der Waals surface area (Å²) in [7, 11) is 1.51. The van der Waals surface area contributed by atoms with Gasteiger partial charge in [-0.1, -0.05) is 40.3 Å². The molecule has 3 aromatic rings. The Labute approximate surface area is 164 Å². The quantitative estimate of drug-likeness (QED) is 0.525.